The lowest BCUT2D eigenvalue weighted by molar-refractivity contribution is 0.102. The lowest BCUT2D eigenvalue weighted by Crippen LogP contribution is -2.10. The van der Waals surface area contributed by atoms with Gasteiger partial charge in [0.05, 0.1) is 12.2 Å². The third kappa shape index (κ3) is 3.22. The number of rotatable bonds is 6. The minimum Gasteiger partial charge on any atom is -0.490 e. The predicted octanol–water partition coefficient (Wildman–Crippen LogP) is 2.65. The minimum atomic E-state index is -0.0800. The molecule has 0 radical (unpaired) electrons. The quantitative estimate of drug-likeness (QED) is 0.598. The molecule has 104 valence electrons. The molecule has 0 aliphatic heterocycles. The van der Waals surface area contributed by atoms with E-state index in [1.165, 1.54) is 0 Å². The molecule has 0 amide bonds. The Labute approximate surface area is 118 Å². The van der Waals surface area contributed by atoms with Crippen molar-refractivity contribution in [3.8, 4) is 5.75 Å². The molecule has 0 bridgehead atoms. The Balaban J connectivity index is 2.28. The summed E-state index contributed by atoms with van der Waals surface area (Å²) in [6.45, 7) is 2.71. The van der Waals surface area contributed by atoms with Gasteiger partial charge < -0.3 is 9.47 Å². The molecule has 0 atom stereocenters. The number of carbonyl (C=O) groups is 1. The van der Waals surface area contributed by atoms with Crippen LogP contribution in [0.15, 0.2) is 42.6 Å². The normalized spacial score (nSPS) is 10.3. The molecule has 1 aromatic heterocycles. The summed E-state index contributed by atoms with van der Waals surface area (Å²) < 4.78 is 10.5. The van der Waals surface area contributed by atoms with E-state index >= 15 is 0 Å². The van der Waals surface area contributed by atoms with Gasteiger partial charge in [0.1, 0.15) is 12.4 Å². The van der Waals surface area contributed by atoms with E-state index in [0.717, 1.165) is 0 Å². The van der Waals surface area contributed by atoms with Crippen LogP contribution in [0.4, 0.5) is 0 Å². The molecule has 0 saturated heterocycles. The van der Waals surface area contributed by atoms with Crippen molar-refractivity contribution in [3.05, 3.63) is 59.4 Å². The number of hydrogen-bond donors (Lipinski definition) is 0. The maximum atomic E-state index is 12.6. The first-order valence-electron chi connectivity index (χ1n) is 6.41. The summed E-state index contributed by atoms with van der Waals surface area (Å²) in [5.41, 5.74) is 1.85. The SMILES string of the molecule is COCCOc1ccccc1C(=O)c1cccnc1C. The van der Waals surface area contributed by atoms with Crippen molar-refractivity contribution in [2.45, 2.75) is 6.92 Å². The van der Waals surface area contributed by atoms with Gasteiger partial charge in [-0.3, -0.25) is 9.78 Å². The maximum absolute atomic E-state index is 12.6. The summed E-state index contributed by atoms with van der Waals surface area (Å²) in [6, 6.07) is 10.7. The van der Waals surface area contributed by atoms with E-state index < -0.39 is 0 Å². The third-order valence-electron chi connectivity index (χ3n) is 2.93. The average molecular weight is 271 g/mol. The van der Waals surface area contributed by atoms with Gasteiger partial charge in [0.25, 0.3) is 0 Å². The Kier molecular flexibility index (Phi) is 4.85. The fourth-order valence-corrected chi connectivity index (χ4v) is 1.88. The zero-order chi connectivity index (χ0) is 14.4. The van der Waals surface area contributed by atoms with E-state index in [2.05, 4.69) is 4.98 Å². The summed E-state index contributed by atoms with van der Waals surface area (Å²) >= 11 is 0. The van der Waals surface area contributed by atoms with Crippen LogP contribution >= 0.6 is 0 Å². The molecule has 4 nitrogen and oxygen atoms in total. The summed E-state index contributed by atoms with van der Waals surface area (Å²) in [4.78, 5) is 16.7. The highest BCUT2D eigenvalue weighted by Gasteiger charge is 2.16. The number of benzene rings is 1. The lowest BCUT2D eigenvalue weighted by atomic mass is 10.0. The van der Waals surface area contributed by atoms with Crippen LogP contribution in [-0.4, -0.2) is 31.1 Å². The molecule has 2 aromatic rings. The molecule has 1 heterocycles. The number of carbonyl (C=O) groups excluding carboxylic acids is 1. The van der Waals surface area contributed by atoms with Crippen LogP contribution in [-0.2, 0) is 4.74 Å². The smallest absolute Gasteiger partial charge is 0.198 e. The number of para-hydroxylation sites is 1. The van der Waals surface area contributed by atoms with Crippen LogP contribution in [0.1, 0.15) is 21.6 Å². The van der Waals surface area contributed by atoms with E-state index in [0.29, 0.717) is 35.8 Å². The van der Waals surface area contributed by atoms with Gasteiger partial charge in [0, 0.05) is 24.6 Å². The molecule has 0 fully saturated rings. The summed E-state index contributed by atoms with van der Waals surface area (Å²) in [5.74, 6) is 0.487. The van der Waals surface area contributed by atoms with Crippen molar-refractivity contribution in [2.24, 2.45) is 0 Å². The van der Waals surface area contributed by atoms with E-state index in [-0.39, 0.29) is 5.78 Å². The largest absolute Gasteiger partial charge is 0.490 e. The van der Waals surface area contributed by atoms with E-state index in [9.17, 15) is 4.79 Å². The molecule has 0 aliphatic carbocycles. The van der Waals surface area contributed by atoms with Gasteiger partial charge in [-0.2, -0.15) is 0 Å². The van der Waals surface area contributed by atoms with Crippen molar-refractivity contribution in [3.63, 3.8) is 0 Å². The fraction of sp³-hybridized carbons (Fsp3) is 0.250. The predicted molar refractivity (Wildman–Crippen MR) is 76.2 cm³/mol. The van der Waals surface area contributed by atoms with Crippen LogP contribution < -0.4 is 4.74 Å². The number of methoxy groups -OCH3 is 1. The van der Waals surface area contributed by atoms with Crippen molar-refractivity contribution in [1.82, 2.24) is 4.98 Å². The summed E-state index contributed by atoms with van der Waals surface area (Å²) in [6.07, 6.45) is 1.67. The maximum Gasteiger partial charge on any atom is 0.198 e. The van der Waals surface area contributed by atoms with Crippen LogP contribution in [0.2, 0.25) is 0 Å². The van der Waals surface area contributed by atoms with Gasteiger partial charge in [-0.25, -0.2) is 0 Å². The molecule has 0 spiro atoms. The molecule has 2 rings (SSSR count). The molecule has 1 aromatic carbocycles. The number of ketones is 1. The molecule has 0 saturated carbocycles. The minimum absolute atomic E-state index is 0.0800. The second-order valence-electron chi connectivity index (χ2n) is 4.30. The van der Waals surface area contributed by atoms with E-state index in [1.807, 2.05) is 19.1 Å². The van der Waals surface area contributed by atoms with E-state index in [4.69, 9.17) is 9.47 Å². The second-order valence-corrected chi connectivity index (χ2v) is 4.30. The van der Waals surface area contributed by atoms with E-state index in [1.54, 1.807) is 37.6 Å². The first-order valence-corrected chi connectivity index (χ1v) is 6.41. The Bertz CT molecular complexity index is 596. The second kappa shape index (κ2) is 6.82. The van der Waals surface area contributed by atoms with Crippen molar-refractivity contribution in [1.29, 1.82) is 0 Å². The molecular formula is C16H17NO3. The van der Waals surface area contributed by atoms with Crippen LogP contribution in [0.5, 0.6) is 5.75 Å². The van der Waals surface area contributed by atoms with Crippen molar-refractivity contribution < 1.29 is 14.3 Å². The lowest BCUT2D eigenvalue weighted by Gasteiger charge is -2.11. The third-order valence-corrected chi connectivity index (χ3v) is 2.93. The number of aromatic nitrogens is 1. The van der Waals surface area contributed by atoms with Crippen molar-refractivity contribution >= 4 is 5.78 Å². The van der Waals surface area contributed by atoms with Crippen LogP contribution in [0.25, 0.3) is 0 Å². The number of ether oxygens (including phenoxy) is 2. The van der Waals surface area contributed by atoms with Crippen molar-refractivity contribution in [2.75, 3.05) is 20.3 Å². The Morgan fingerprint density at radius 2 is 1.85 bits per heavy atom. The van der Waals surface area contributed by atoms with Gasteiger partial charge >= 0.3 is 0 Å². The molecule has 4 heteroatoms. The highest BCUT2D eigenvalue weighted by molar-refractivity contribution is 6.11. The van der Waals surface area contributed by atoms with Gasteiger partial charge in [-0.15, -0.1) is 0 Å². The Morgan fingerprint density at radius 3 is 2.60 bits per heavy atom. The fourth-order valence-electron chi connectivity index (χ4n) is 1.88. The van der Waals surface area contributed by atoms with Gasteiger partial charge in [0.15, 0.2) is 5.78 Å². The van der Waals surface area contributed by atoms with Gasteiger partial charge in [-0.1, -0.05) is 12.1 Å². The van der Waals surface area contributed by atoms with Gasteiger partial charge in [0.2, 0.25) is 0 Å². The molecule has 0 aliphatic rings. The first kappa shape index (κ1) is 14.2. The number of hydrogen-bond acceptors (Lipinski definition) is 4. The number of pyridine rings is 1. The Morgan fingerprint density at radius 1 is 1.10 bits per heavy atom. The first-order chi connectivity index (χ1) is 9.74. The van der Waals surface area contributed by atoms with Crippen LogP contribution in [0, 0.1) is 6.92 Å². The summed E-state index contributed by atoms with van der Waals surface area (Å²) in [7, 11) is 1.61. The standard InChI is InChI=1S/C16H17NO3/c1-12-13(7-5-9-17-12)16(18)14-6-3-4-8-15(14)20-11-10-19-2/h3-9H,10-11H2,1-2H3. The molecule has 0 unspecified atom stereocenters. The molecular weight excluding hydrogens is 254 g/mol. The number of nitrogens with zero attached hydrogens (tertiary/aromatic N) is 1. The van der Waals surface area contributed by atoms with Gasteiger partial charge in [-0.05, 0) is 31.2 Å². The topological polar surface area (TPSA) is 48.4 Å². The zero-order valence-electron chi connectivity index (χ0n) is 11.6. The summed E-state index contributed by atoms with van der Waals surface area (Å²) in [5, 5.41) is 0. The molecule has 20 heavy (non-hydrogen) atoms. The average Bonchev–Trinajstić information content (AvgIpc) is 2.48. The zero-order valence-corrected chi connectivity index (χ0v) is 11.6. The monoisotopic (exact) mass is 271 g/mol. The molecule has 0 N–H and O–H groups in total. The number of aryl methyl sites for hydroxylation is 1. The highest BCUT2D eigenvalue weighted by atomic mass is 16.5. The highest BCUT2D eigenvalue weighted by Crippen LogP contribution is 2.22. The Hall–Kier alpha value is -2.20. The van der Waals surface area contributed by atoms with Crippen LogP contribution in [0.3, 0.4) is 0 Å².